The lowest BCUT2D eigenvalue weighted by atomic mass is 10.1. The molecule has 1 saturated heterocycles. The van der Waals surface area contributed by atoms with E-state index in [1.165, 1.54) is 18.4 Å². The van der Waals surface area contributed by atoms with Crippen LogP contribution in [0.15, 0.2) is 36.8 Å². The van der Waals surface area contributed by atoms with E-state index in [4.69, 9.17) is 0 Å². The monoisotopic (exact) mass is 306 g/mol. The molecule has 116 valence electrons. The maximum absolute atomic E-state index is 13.1. The fraction of sp³-hybridized carbons (Fsp3) is 0.389. The van der Waals surface area contributed by atoms with Crippen molar-refractivity contribution in [2.24, 2.45) is 0 Å². The molecule has 2 atom stereocenters. The molecular formula is C18H18N4O. The Morgan fingerprint density at radius 2 is 1.96 bits per heavy atom. The highest BCUT2D eigenvalue weighted by atomic mass is 16.2. The highest BCUT2D eigenvalue weighted by molar-refractivity contribution is 6.09. The van der Waals surface area contributed by atoms with Crippen molar-refractivity contribution in [3.05, 3.63) is 48.0 Å². The van der Waals surface area contributed by atoms with Gasteiger partial charge in [-0.2, -0.15) is 0 Å². The highest BCUT2D eigenvalue weighted by Gasteiger charge is 2.58. The summed E-state index contributed by atoms with van der Waals surface area (Å²) in [5.74, 6) is 0.607. The quantitative estimate of drug-likeness (QED) is 0.874. The third kappa shape index (κ3) is 1.96. The zero-order valence-electron chi connectivity index (χ0n) is 13.0. The van der Waals surface area contributed by atoms with Gasteiger partial charge in [-0.25, -0.2) is 4.79 Å². The zero-order valence-corrected chi connectivity index (χ0v) is 13.0. The van der Waals surface area contributed by atoms with Crippen molar-refractivity contribution < 1.29 is 4.79 Å². The molecule has 3 aliphatic rings. The van der Waals surface area contributed by atoms with Gasteiger partial charge in [-0.1, -0.05) is 0 Å². The van der Waals surface area contributed by atoms with Crippen LogP contribution in [0.1, 0.15) is 36.4 Å². The molecule has 3 fully saturated rings. The van der Waals surface area contributed by atoms with E-state index in [9.17, 15) is 4.79 Å². The van der Waals surface area contributed by atoms with E-state index >= 15 is 0 Å². The first kappa shape index (κ1) is 13.0. The van der Waals surface area contributed by atoms with E-state index in [1.54, 1.807) is 6.20 Å². The highest BCUT2D eigenvalue weighted by Crippen LogP contribution is 2.50. The number of hydrogen-bond acceptors (Lipinski definition) is 3. The fourth-order valence-electron chi connectivity index (χ4n) is 3.73. The van der Waals surface area contributed by atoms with Crippen molar-refractivity contribution in [2.45, 2.75) is 44.2 Å². The Hall–Kier alpha value is -2.43. The first-order valence-electron chi connectivity index (χ1n) is 8.23. The van der Waals surface area contributed by atoms with Crippen molar-refractivity contribution in [3.63, 3.8) is 0 Å². The Morgan fingerprint density at radius 3 is 2.74 bits per heavy atom. The number of aryl methyl sites for hydroxylation is 1. The lowest BCUT2D eigenvalue weighted by molar-refractivity contribution is 0.254. The second kappa shape index (κ2) is 4.54. The SMILES string of the molecule is Cc1cc(N2C(=O)N(c3cnccc3C3CC3)[C@@H]3C[C@@H]32)ccn1. The molecule has 0 aromatic carbocycles. The zero-order chi connectivity index (χ0) is 15.6. The van der Waals surface area contributed by atoms with E-state index in [1.807, 2.05) is 41.2 Å². The number of fused-ring (bicyclic) bond motifs is 1. The molecule has 0 unspecified atom stereocenters. The van der Waals surface area contributed by atoms with E-state index in [2.05, 4.69) is 16.0 Å². The second-order valence-corrected chi connectivity index (χ2v) is 6.76. The summed E-state index contributed by atoms with van der Waals surface area (Å²) in [6, 6.07) is 6.65. The minimum absolute atomic E-state index is 0.0757. The molecule has 5 rings (SSSR count). The van der Waals surface area contributed by atoms with Crippen LogP contribution in [-0.2, 0) is 0 Å². The number of aromatic nitrogens is 2. The molecule has 0 radical (unpaired) electrons. The average Bonchev–Trinajstić information content (AvgIpc) is 3.45. The van der Waals surface area contributed by atoms with Crippen molar-refractivity contribution >= 4 is 17.4 Å². The van der Waals surface area contributed by atoms with Crippen LogP contribution >= 0.6 is 0 Å². The molecule has 2 saturated carbocycles. The number of nitrogens with zero attached hydrogens (tertiary/aromatic N) is 4. The van der Waals surface area contributed by atoms with Gasteiger partial charge in [-0.15, -0.1) is 0 Å². The number of urea groups is 1. The van der Waals surface area contributed by atoms with Crippen molar-refractivity contribution in [1.82, 2.24) is 9.97 Å². The van der Waals surface area contributed by atoms with E-state index in [-0.39, 0.29) is 18.1 Å². The minimum atomic E-state index is 0.0757. The van der Waals surface area contributed by atoms with E-state index < -0.39 is 0 Å². The average molecular weight is 306 g/mol. The van der Waals surface area contributed by atoms with Gasteiger partial charge in [0.2, 0.25) is 0 Å². The number of pyridine rings is 2. The molecule has 2 aliphatic carbocycles. The standard InChI is InChI=1S/C18H18N4O/c1-11-8-13(4-7-20-11)21-15-9-16(15)22(18(21)23)17-10-19-6-5-14(17)12-2-3-12/h4-8,10,12,15-16H,2-3,9H2,1H3/t15-,16+/m0/s1. The van der Waals surface area contributed by atoms with Crippen LogP contribution in [0.4, 0.5) is 16.2 Å². The van der Waals surface area contributed by atoms with Crippen molar-refractivity contribution in [1.29, 1.82) is 0 Å². The van der Waals surface area contributed by atoms with Crippen LogP contribution in [0.3, 0.4) is 0 Å². The van der Waals surface area contributed by atoms with Gasteiger partial charge in [0, 0.05) is 23.8 Å². The number of hydrogen-bond donors (Lipinski definition) is 0. The van der Waals surface area contributed by atoms with E-state index in [0.29, 0.717) is 5.92 Å². The smallest absolute Gasteiger partial charge is 0.289 e. The maximum Gasteiger partial charge on any atom is 0.329 e. The molecule has 2 aromatic heterocycles. The minimum Gasteiger partial charge on any atom is -0.289 e. The van der Waals surface area contributed by atoms with Crippen LogP contribution in [0.25, 0.3) is 0 Å². The van der Waals surface area contributed by atoms with Crippen LogP contribution in [0, 0.1) is 6.92 Å². The largest absolute Gasteiger partial charge is 0.329 e. The van der Waals surface area contributed by atoms with E-state index in [0.717, 1.165) is 23.5 Å². The first-order chi connectivity index (χ1) is 11.2. The summed E-state index contributed by atoms with van der Waals surface area (Å²) >= 11 is 0. The number of amides is 2. The molecule has 0 N–H and O–H groups in total. The molecule has 1 aliphatic heterocycles. The molecule has 3 heterocycles. The van der Waals surface area contributed by atoms with Gasteiger partial charge in [0.1, 0.15) is 0 Å². The summed E-state index contributed by atoms with van der Waals surface area (Å²) in [7, 11) is 0. The van der Waals surface area contributed by atoms with Crippen LogP contribution in [-0.4, -0.2) is 28.1 Å². The molecule has 2 aromatic rings. The van der Waals surface area contributed by atoms with Gasteiger partial charge in [0.15, 0.2) is 0 Å². The summed E-state index contributed by atoms with van der Waals surface area (Å²) < 4.78 is 0. The second-order valence-electron chi connectivity index (χ2n) is 6.76. The summed E-state index contributed by atoms with van der Waals surface area (Å²) in [6.07, 6.45) is 8.96. The van der Waals surface area contributed by atoms with Crippen molar-refractivity contribution in [3.8, 4) is 0 Å². The third-order valence-electron chi connectivity index (χ3n) is 5.07. The summed E-state index contributed by atoms with van der Waals surface area (Å²) in [6.45, 7) is 1.96. The maximum atomic E-state index is 13.1. The number of anilines is 2. The number of rotatable bonds is 3. The molecular weight excluding hydrogens is 288 g/mol. The van der Waals surface area contributed by atoms with Gasteiger partial charge < -0.3 is 0 Å². The summed E-state index contributed by atoms with van der Waals surface area (Å²) in [5.41, 5.74) is 4.19. The fourth-order valence-corrected chi connectivity index (χ4v) is 3.73. The third-order valence-corrected chi connectivity index (χ3v) is 5.07. The Morgan fingerprint density at radius 1 is 1.13 bits per heavy atom. The predicted octanol–water partition coefficient (Wildman–Crippen LogP) is 3.25. The first-order valence-corrected chi connectivity index (χ1v) is 8.23. The van der Waals surface area contributed by atoms with Gasteiger partial charge in [0.25, 0.3) is 0 Å². The van der Waals surface area contributed by atoms with Gasteiger partial charge >= 0.3 is 6.03 Å². The van der Waals surface area contributed by atoms with Gasteiger partial charge in [0.05, 0.1) is 24.0 Å². The Labute approximate surface area is 135 Å². The summed E-state index contributed by atoms with van der Waals surface area (Å²) in [5, 5.41) is 0. The Bertz CT molecular complexity index is 801. The van der Waals surface area contributed by atoms with Crippen LogP contribution < -0.4 is 9.80 Å². The van der Waals surface area contributed by atoms with Crippen LogP contribution in [0.2, 0.25) is 0 Å². The molecule has 2 amide bonds. The van der Waals surface area contributed by atoms with Crippen LogP contribution in [0.5, 0.6) is 0 Å². The lowest BCUT2D eigenvalue weighted by Gasteiger charge is -2.25. The molecule has 0 bridgehead atoms. The molecule has 5 heteroatoms. The van der Waals surface area contributed by atoms with Gasteiger partial charge in [-0.05, 0) is 55.9 Å². The Kier molecular flexibility index (Phi) is 2.57. The number of carbonyl (C=O) groups excluding carboxylic acids is 1. The lowest BCUT2D eigenvalue weighted by Crippen LogP contribution is -2.37. The molecule has 5 nitrogen and oxygen atoms in total. The number of carbonyl (C=O) groups is 1. The molecule has 23 heavy (non-hydrogen) atoms. The normalized spacial score (nSPS) is 25.7. The topological polar surface area (TPSA) is 49.3 Å². The summed E-state index contributed by atoms with van der Waals surface area (Å²) in [4.78, 5) is 25.5. The Balaban J connectivity index is 1.54. The predicted molar refractivity (Wildman–Crippen MR) is 87.7 cm³/mol. The van der Waals surface area contributed by atoms with Crippen molar-refractivity contribution in [2.75, 3.05) is 9.80 Å². The van der Waals surface area contributed by atoms with Gasteiger partial charge in [-0.3, -0.25) is 19.8 Å². The molecule has 0 spiro atoms.